The number of nitrogens with two attached hydrogens (primary N) is 1. The van der Waals surface area contributed by atoms with E-state index >= 15 is 0 Å². The molecule has 1 aromatic carbocycles. The van der Waals surface area contributed by atoms with Gasteiger partial charge in [-0.3, -0.25) is 9.59 Å². The van der Waals surface area contributed by atoms with Gasteiger partial charge in [0.05, 0.1) is 10.2 Å². The number of halogens is 1. The number of hydrogen-bond acceptors (Lipinski definition) is 3. The molecule has 0 radical (unpaired) electrons. The van der Waals surface area contributed by atoms with Crippen LogP contribution in [0.4, 0.5) is 5.69 Å². The molecule has 2 amide bonds. The molecule has 0 saturated carbocycles. The first-order valence-corrected chi connectivity index (χ1v) is 6.69. The molecule has 1 aliphatic heterocycles. The quantitative estimate of drug-likeness (QED) is 0.902. The lowest BCUT2D eigenvalue weighted by Crippen LogP contribution is -2.46. The van der Waals surface area contributed by atoms with Crippen LogP contribution >= 0.6 is 15.9 Å². The lowest BCUT2D eigenvalue weighted by atomic mass is 10.0. The normalized spacial score (nSPS) is 18.3. The molecule has 1 atom stereocenters. The molecule has 1 unspecified atom stereocenters. The summed E-state index contributed by atoms with van der Waals surface area (Å²) >= 11 is 3.35. The molecule has 2 N–H and O–H groups in total. The van der Waals surface area contributed by atoms with Crippen LogP contribution in [0.5, 0.6) is 5.75 Å². The van der Waals surface area contributed by atoms with Gasteiger partial charge in [-0.15, -0.1) is 0 Å². The number of likely N-dealkylation sites (N-methyl/N-ethyl adjacent to an activating group) is 1. The predicted molar refractivity (Wildman–Crippen MR) is 75.3 cm³/mol. The Balaban J connectivity index is 2.56. The predicted octanol–water partition coefficient (Wildman–Crippen LogP) is 1.93. The Labute approximate surface area is 119 Å². The van der Waals surface area contributed by atoms with Gasteiger partial charge in [0, 0.05) is 12.6 Å². The summed E-state index contributed by atoms with van der Waals surface area (Å²) in [5.74, 6) is -0.0528. The number of primary amides is 1. The molecule has 102 valence electrons. The minimum absolute atomic E-state index is 0.0609. The molecule has 0 saturated heterocycles. The molecule has 0 aliphatic carbocycles. The Bertz CT molecular complexity index is 557. The highest BCUT2D eigenvalue weighted by Gasteiger charge is 2.35. The van der Waals surface area contributed by atoms with E-state index in [0.717, 1.165) is 0 Å². The van der Waals surface area contributed by atoms with E-state index in [-0.39, 0.29) is 11.8 Å². The first-order chi connectivity index (χ1) is 8.82. The van der Waals surface area contributed by atoms with Crippen LogP contribution in [0.1, 0.15) is 24.2 Å². The molecule has 1 heterocycles. The summed E-state index contributed by atoms with van der Waals surface area (Å²) in [6.45, 7) is 3.85. The number of benzene rings is 1. The fourth-order valence-corrected chi connectivity index (χ4v) is 2.54. The molecular weight excluding hydrogens is 312 g/mol. The van der Waals surface area contributed by atoms with Gasteiger partial charge in [-0.25, -0.2) is 0 Å². The molecule has 0 fully saturated rings. The van der Waals surface area contributed by atoms with E-state index in [0.29, 0.717) is 21.5 Å². The second-order valence-electron chi connectivity index (χ2n) is 4.85. The maximum absolute atomic E-state index is 12.2. The van der Waals surface area contributed by atoms with Crippen LogP contribution in [-0.2, 0) is 4.79 Å². The van der Waals surface area contributed by atoms with E-state index < -0.39 is 12.0 Å². The monoisotopic (exact) mass is 326 g/mol. The molecule has 2 rings (SSSR count). The fourth-order valence-electron chi connectivity index (χ4n) is 2.00. The van der Waals surface area contributed by atoms with Crippen LogP contribution in [0.2, 0.25) is 0 Å². The van der Waals surface area contributed by atoms with Crippen molar-refractivity contribution in [3.63, 3.8) is 0 Å². The van der Waals surface area contributed by atoms with Crippen molar-refractivity contribution in [2.24, 2.45) is 11.7 Å². The zero-order chi connectivity index (χ0) is 14.3. The van der Waals surface area contributed by atoms with Gasteiger partial charge in [-0.1, -0.05) is 13.8 Å². The SMILES string of the molecule is CC(C)C1Oc2c(Br)cc(C(N)=O)cc2N(C)C1=O. The second-order valence-corrected chi connectivity index (χ2v) is 5.70. The molecule has 0 spiro atoms. The van der Waals surface area contributed by atoms with E-state index in [1.165, 1.54) is 4.90 Å². The molecular formula is C13H15BrN2O3. The van der Waals surface area contributed by atoms with Gasteiger partial charge < -0.3 is 15.4 Å². The summed E-state index contributed by atoms with van der Waals surface area (Å²) in [6, 6.07) is 3.17. The lowest BCUT2D eigenvalue weighted by Gasteiger charge is -2.34. The van der Waals surface area contributed by atoms with Crippen LogP contribution in [-0.4, -0.2) is 25.0 Å². The van der Waals surface area contributed by atoms with E-state index in [1.54, 1.807) is 19.2 Å². The van der Waals surface area contributed by atoms with E-state index in [4.69, 9.17) is 10.5 Å². The van der Waals surface area contributed by atoms with Crippen molar-refractivity contribution in [3.8, 4) is 5.75 Å². The molecule has 5 nitrogen and oxygen atoms in total. The topological polar surface area (TPSA) is 72.6 Å². The lowest BCUT2D eigenvalue weighted by molar-refractivity contribution is -0.127. The Hall–Kier alpha value is -1.56. The standard InChI is InChI=1S/C13H15BrN2O3/c1-6(2)10-13(18)16(3)9-5-7(12(15)17)4-8(14)11(9)19-10/h4-6,10H,1-3H3,(H2,15,17). The van der Waals surface area contributed by atoms with Crippen molar-refractivity contribution in [2.45, 2.75) is 20.0 Å². The summed E-state index contributed by atoms with van der Waals surface area (Å²) in [6.07, 6.45) is -0.520. The van der Waals surface area contributed by atoms with E-state index in [9.17, 15) is 9.59 Å². The number of hydrogen-bond donors (Lipinski definition) is 1. The first-order valence-electron chi connectivity index (χ1n) is 5.90. The Morgan fingerprint density at radius 3 is 2.63 bits per heavy atom. The summed E-state index contributed by atoms with van der Waals surface area (Å²) < 4.78 is 6.37. The van der Waals surface area contributed by atoms with Gasteiger partial charge in [-0.05, 0) is 34.0 Å². The molecule has 1 aromatic rings. The Morgan fingerprint density at radius 2 is 2.11 bits per heavy atom. The highest BCUT2D eigenvalue weighted by Crippen LogP contribution is 2.41. The Kier molecular flexibility index (Phi) is 3.54. The number of carbonyl (C=O) groups is 2. The van der Waals surface area contributed by atoms with Crippen LogP contribution in [0.25, 0.3) is 0 Å². The highest BCUT2D eigenvalue weighted by atomic mass is 79.9. The summed E-state index contributed by atoms with van der Waals surface area (Å²) in [7, 11) is 1.66. The zero-order valence-electron chi connectivity index (χ0n) is 10.9. The minimum Gasteiger partial charge on any atom is -0.477 e. The van der Waals surface area contributed by atoms with Crippen molar-refractivity contribution in [1.29, 1.82) is 0 Å². The van der Waals surface area contributed by atoms with Gasteiger partial charge in [0.25, 0.3) is 5.91 Å². The van der Waals surface area contributed by atoms with Gasteiger partial charge in [0.2, 0.25) is 5.91 Å². The third-order valence-electron chi connectivity index (χ3n) is 3.09. The smallest absolute Gasteiger partial charge is 0.268 e. The third-order valence-corrected chi connectivity index (χ3v) is 3.68. The van der Waals surface area contributed by atoms with Gasteiger partial charge in [-0.2, -0.15) is 0 Å². The van der Waals surface area contributed by atoms with Crippen molar-refractivity contribution in [3.05, 3.63) is 22.2 Å². The summed E-state index contributed by atoms with van der Waals surface area (Å²) in [5, 5.41) is 0. The number of ether oxygens (including phenoxy) is 1. The first kappa shape index (κ1) is 13.9. The number of nitrogens with zero attached hydrogens (tertiary/aromatic N) is 1. The zero-order valence-corrected chi connectivity index (χ0v) is 12.5. The minimum atomic E-state index is -0.546. The van der Waals surface area contributed by atoms with Crippen molar-refractivity contribution in [2.75, 3.05) is 11.9 Å². The van der Waals surface area contributed by atoms with Gasteiger partial charge in [0.15, 0.2) is 11.9 Å². The number of anilines is 1. The largest absolute Gasteiger partial charge is 0.477 e. The van der Waals surface area contributed by atoms with Crippen molar-refractivity contribution >= 4 is 33.4 Å². The van der Waals surface area contributed by atoms with E-state index in [2.05, 4.69) is 15.9 Å². The average molecular weight is 327 g/mol. The molecule has 0 bridgehead atoms. The fraction of sp³-hybridized carbons (Fsp3) is 0.385. The number of rotatable bonds is 2. The third kappa shape index (κ3) is 2.32. The number of amides is 2. The number of fused-ring (bicyclic) bond motifs is 1. The van der Waals surface area contributed by atoms with Crippen LogP contribution in [0, 0.1) is 5.92 Å². The van der Waals surface area contributed by atoms with Gasteiger partial charge in [0.1, 0.15) is 0 Å². The van der Waals surface area contributed by atoms with Crippen LogP contribution < -0.4 is 15.4 Å². The van der Waals surface area contributed by atoms with Gasteiger partial charge >= 0.3 is 0 Å². The summed E-state index contributed by atoms with van der Waals surface area (Å²) in [4.78, 5) is 24.9. The Morgan fingerprint density at radius 1 is 1.47 bits per heavy atom. The average Bonchev–Trinajstić information content (AvgIpc) is 2.33. The maximum atomic E-state index is 12.2. The van der Waals surface area contributed by atoms with Crippen molar-refractivity contribution < 1.29 is 14.3 Å². The second kappa shape index (κ2) is 4.85. The molecule has 0 aromatic heterocycles. The van der Waals surface area contributed by atoms with E-state index in [1.807, 2.05) is 13.8 Å². The molecule has 6 heteroatoms. The van der Waals surface area contributed by atoms with Crippen LogP contribution in [0.15, 0.2) is 16.6 Å². The highest BCUT2D eigenvalue weighted by molar-refractivity contribution is 9.10. The van der Waals surface area contributed by atoms with Crippen molar-refractivity contribution in [1.82, 2.24) is 0 Å². The molecule has 19 heavy (non-hydrogen) atoms. The summed E-state index contributed by atoms with van der Waals surface area (Å²) in [5.41, 5.74) is 6.14. The van der Waals surface area contributed by atoms with Crippen LogP contribution in [0.3, 0.4) is 0 Å². The number of carbonyl (C=O) groups excluding carboxylic acids is 2. The molecule has 1 aliphatic rings. The maximum Gasteiger partial charge on any atom is 0.268 e.